The monoisotopic (exact) mass is 200 g/mol. The number of hydrogen-bond donors (Lipinski definition) is 1. The van der Waals surface area contributed by atoms with Crippen LogP contribution >= 0.6 is 11.3 Å². The predicted molar refractivity (Wildman–Crippen MR) is 56.4 cm³/mol. The summed E-state index contributed by atoms with van der Waals surface area (Å²) in [7, 11) is 3.97. The van der Waals surface area contributed by atoms with Crippen LogP contribution in [0.15, 0.2) is 6.20 Å². The van der Waals surface area contributed by atoms with E-state index < -0.39 is 0 Å². The molecule has 1 atom stereocenters. The molecule has 1 heterocycles. The number of rotatable bonds is 4. The molecule has 13 heavy (non-hydrogen) atoms. The third-order valence-corrected chi connectivity index (χ3v) is 2.96. The first-order valence-electron chi connectivity index (χ1n) is 4.39. The second-order valence-corrected chi connectivity index (χ2v) is 4.48. The Morgan fingerprint density at radius 1 is 1.62 bits per heavy atom. The average Bonchev–Trinajstić information content (AvgIpc) is 2.48. The highest BCUT2D eigenvalue weighted by molar-refractivity contribution is 7.15. The topological polar surface area (TPSA) is 36.4 Å². The lowest BCUT2D eigenvalue weighted by Gasteiger charge is -2.05. The summed E-state index contributed by atoms with van der Waals surface area (Å²) < 4.78 is 0. The van der Waals surface area contributed by atoms with E-state index in [0.717, 1.165) is 18.0 Å². The number of aromatic nitrogens is 1. The Balaban J connectivity index is 2.49. The first-order chi connectivity index (χ1) is 6.09. The lowest BCUT2D eigenvalue weighted by Crippen LogP contribution is -2.07. The molecule has 0 spiro atoms. The van der Waals surface area contributed by atoms with Crippen molar-refractivity contribution in [2.45, 2.75) is 25.9 Å². The van der Waals surface area contributed by atoms with Gasteiger partial charge >= 0.3 is 0 Å². The number of anilines is 1. The minimum Gasteiger partial charge on any atom is -0.393 e. The van der Waals surface area contributed by atoms with Crippen LogP contribution in [0.5, 0.6) is 0 Å². The summed E-state index contributed by atoms with van der Waals surface area (Å²) >= 11 is 1.69. The van der Waals surface area contributed by atoms with Crippen LogP contribution in [0.3, 0.4) is 0 Å². The van der Waals surface area contributed by atoms with Crippen LogP contribution in [-0.2, 0) is 6.42 Å². The molecule has 4 heteroatoms. The van der Waals surface area contributed by atoms with Gasteiger partial charge in [0, 0.05) is 25.2 Å². The summed E-state index contributed by atoms with van der Waals surface area (Å²) in [6.45, 7) is 1.81. The van der Waals surface area contributed by atoms with E-state index >= 15 is 0 Å². The summed E-state index contributed by atoms with van der Waals surface area (Å²) in [5.41, 5.74) is 0. The molecule has 0 radical (unpaired) electrons. The van der Waals surface area contributed by atoms with E-state index in [4.69, 9.17) is 5.11 Å². The molecule has 0 bridgehead atoms. The normalized spacial score (nSPS) is 12.9. The van der Waals surface area contributed by atoms with Crippen molar-refractivity contribution in [2.24, 2.45) is 0 Å². The van der Waals surface area contributed by atoms with Crippen LogP contribution in [0, 0.1) is 0 Å². The van der Waals surface area contributed by atoms with Gasteiger partial charge in [0.05, 0.1) is 6.10 Å². The second kappa shape index (κ2) is 4.58. The number of hydrogen-bond acceptors (Lipinski definition) is 4. The first-order valence-corrected chi connectivity index (χ1v) is 5.21. The number of thiazole rings is 1. The van der Waals surface area contributed by atoms with E-state index in [1.807, 2.05) is 32.1 Å². The minimum atomic E-state index is -0.218. The van der Waals surface area contributed by atoms with E-state index in [2.05, 4.69) is 4.98 Å². The summed E-state index contributed by atoms with van der Waals surface area (Å²) in [5, 5.41) is 10.1. The zero-order valence-corrected chi connectivity index (χ0v) is 9.14. The average molecular weight is 200 g/mol. The zero-order chi connectivity index (χ0) is 9.84. The van der Waals surface area contributed by atoms with E-state index in [1.165, 1.54) is 4.88 Å². The maximum atomic E-state index is 9.10. The van der Waals surface area contributed by atoms with E-state index in [0.29, 0.717) is 0 Å². The molecular formula is C9H16N2OS. The highest BCUT2D eigenvalue weighted by Gasteiger charge is 2.04. The van der Waals surface area contributed by atoms with Gasteiger partial charge in [-0.2, -0.15) is 0 Å². The van der Waals surface area contributed by atoms with Crippen LogP contribution in [0.2, 0.25) is 0 Å². The van der Waals surface area contributed by atoms with Gasteiger partial charge in [0.2, 0.25) is 0 Å². The Bertz CT molecular complexity index is 258. The third kappa shape index (κ3) is 3.32. The van der Waals surface area contributed by atoms with Crippen LogP contribution in [-0.4, -0.2) is 30.3 Å². The Kier molecular flexibility index (Phi) is 3.69. The number of aryl methyl sites for hydroxylation is 1. The minimum absolute atomic E-state index is 0.218. The van der Waals surface area contributed by atoms with E-state index in [-0.39, 0.29) is 6.10 Å². The smallest absolute Gasteiger partial charge is 0.184 e. The van der Waals surface area contributed by atoms with Crippen molar-refractivity contribution in [3.8, 4) is 0 Å². The molecule has 1 rings (SSSR count). The van der Waals surface area contributed by atoms with Crippen molar-refractivity contribution in [3.63, 3.8) is 0 Å². The van der Waals surface area contributed by atoms with Crippen molar-refractivity contribution < 1.29 is 5.11 Å². The molecule has 0 saturated carbocycles. The first kappa shape index (κ1) is 10.5. The highest BCUT2D eigenvalue weighted by Crippen LogP contribution is 2.21. The van der Waals surface area contributed by atoms with Crippen molar-refractivity contribution in [1.29, 1.82) is 0 Å². The van der Waals surface area contributed by atoms with Gasteiger partial charge in [-0.1, -0.05) is 0 Å². The van der Waals surface area contributed by atoms with Gasteiger partial charge in [-0.05, 0) is 19.8 Å². The largest absolute Gasteiger partial charge is 0.393 e. The number of nitrogens with zero attached hydrogens (tertiary/aromatic N) is 2. The van der Waals surface area contributed by atoms with Gasteiger partial charge in [0.15, 0.2) is 5.13 Å². The Hall–Kier alpha value is -0.610. The van der Waals surface area contributed by atoms with Crippen molar-refractivity contribution in [1.82, 2.24) is 4.98 Å². The highest BCUT2D eigenvalue weighted by atomic mass is 32.1. The molecule has 0 amide bonds. The molecule has 1 aromatic heterocycles. The molecule has 0 aromatic carbocycles. The number of aliphatic hydroxyl groups is 1. The van der Waals surface area contributed by atoms with Gasteiger partial charge in [0.1, 0.15) is 0 Å². The SMILES string of the molecule is C[C@H](O)CCc1cnc(N(C)C)s1. The quantitative estimate of drug-likeness (QED) is 0.800. The fourth-order valence-corrected chi connectivity index (χ4v) is 1.82. The summed E-state index contributed by atoms with van der Waals surface area (Å²) in [6, 6.07) is 0. The van der Waals surface area contributed by atoms with Crippen LogP contribution in [0.4, 0.5) is 5.13 Å². The fourth-order valence-electron chi connectivity index (χ4n) is 0.971. The van der Waals surface area contributed by atoms with Gasteiger partial charge < -0.3 is 10.0 Å². The van der Waals surface area contributed by atoms with E-state index in [1.54, 1.807) is 11.3 Å². The zero-order valence-electron chi connectivity index (χ0n) is 8.32. The van der Waals surface area contributed by atoms with Gasteiger partial charge in [0.25, 0.3) is 0 Å². The fraction of sp³-hybridized carbons (Fsp3) is 0.667. The lowest BCUT2D eigenvalue weighted by atomic mass is 10.2. The summed E-state index contributed by atoms with van der Waals surface area (Å²) in [5.74, 6) is 0. The van der Waals surface area contributed by atoms with Crippen molar-refractivity contribution in [3.05, 3.63) is 11.1 Å². The van der Waals surface area contributed by atoms with Gasteiger partial charge in [-0.15, -0.1) is 11.3 Å². The molecule has 1 N–H and O–H groups in total. The van der Waals surface area contributed by atoms with Crippen molar-refractivity contribution >= 4 is 16.5 Å². The third-order valence-electron chi connectivity index (χ3n) is 1.73. The molecule has 1 aromatic rings. The number of aliphatic hydroxyl groups excluding tert-OH is 1. The maximum absolute atomic E-state index is 9.10. The Labute approximate surface area is 83.0 Å². The molecule has 0 aliphatic carbocycles. The van der Waals surface area contributed by atoms with Crippen molar-refractivity contribution in [2.75, 3.05) is 19.0 Å². The summed E-state index contributed by atoms with van der Waals surface area (Å²) in [6.07, 6.45) is 3.41. The van der Waals surface area contributed by atoms with Gasteiger partial charge in [-0.3, -0.25) is 0 Å². The lowest BCUT2D eigenvalue weighted by molar-refractivity contribution is 0.185. The van der Waals surface area contributed by atoms with Crippen LogP contribution in [0.1, 0.15) is 18.2 Å². The molecule has 0 aliphatic heterocycles. The van der Waals surface area contributed by atoms with E-state index in [9.17, 15) is 0 Å². The summed E-state index contributed by atoms with van der Waals surface area (Å²) in [4.78, 5) is 7.49. The molecule has 0 saturated heterocycles. The molecular weight excluding hydrogens is 184 g/mol. The molecule has 0 aliphatic rings. The molecule has 0 fully saturated rings. The van der Waals surface area contributed by atoms with Crippen LogP contribution in [0.25, 0.3) is 0 Å². The molecule has 74 valence electrons. The Morgan fingerprint density at radius 2 is 2.31 bits per heavy atom. The Morgan fingerprint density at radius 3 is 2.77 bits per heavy atom. The standard InChI is InChI=1S/C9H16N2OS/c1-7(12)4-5-8-6-10-9(13-8)11(2)3/h6-7,12H,4-5H2,1-3H3/t7-/m0/s1. The molecule has 0 unspecified atom stereocenters. The van der Waals surface area contributed by atoms with Crippen LogP contribution < -0.4 is 4.90 Å². The predicted octanol–water partition coefficient (Wildman–Crippen LogP) is 1.52. The second-order valence-electron chi connectivity index (χ2n) is 3.39. The maximum Gasteiger partial charge on any atom is 0.184 e. The molecule has 3 nitrogen and oxygen atoms in total. The van der Waals surface area contributed by atoms with Gasteiger partial charge in [-0.25, -0.2) is 4.98 Å².